The lowest BCUT2D eigenvalue weighted by Gasteiger charge is -2.20. The summed E-state index contributed by atoms with van der Waals surface area (Å²) in [6.07, 6.45) is 7.45. The summed E-state index contributed by atoms with van der Waals surface area (Å²) >= 11 is 0. The number of carbonyl (C=O) groups excluding carboxylic acids is 1. The molecule has 31 heavy (non-hydrogen) atoms. The van der Waals surface area contributed by atoms with Crippen molar-refractivity contribution in [2.75, 3.05) is 33.3 Å². The molecule has 0 aliphatic heterocycles. The summed E-state index contributed by atoms with van der Waals surface area (Å²) in [7, 11) is 1.65. The van der Waals surface area contributed by atoms with Crippen LogP contribution in [0.2, 0.25) is 0 Å². The number of aromatic amines is 1. The van der Waals surface area contributed by atoms with Gasteiger partial charge in [0, 0.05) is 29.6 Å². The Bertz CT molecular complexity index is 1110. The maximum Gasteiger partial charge on any atom is 0.234 e. The first-order valence-electron chi connectivity index (χ1n) is 10.2. The standard InChI is InChI=1S/C26H27N3O2/c1-4-6-16-29(15-5-2)19-26(30)28-17-23(20-11-13-21(31-3)14-12-20)24-18-27-25-10-8-7-9-22(24)25/h2,7-14,18,23,27H,15-17,19H2,1,3H3,(H,28,30)/t23-/m0/s1. The van der Waals surface area contributed by atoms with E-state index in [2.05, 4.69) is 40.2 Å². The van der Waals surface area contributed by atoms with Crippen molar-refractivity contribution in [3.63, 3.8) is 0 Å². The highest BCUT2D eigenvalue weighted by atomic mass is 16.5. The van der Waals surface area contributed by atoms with Gasteiger partial charge in [0.25, 0.3) is 0 Å². The molecule has 1 atom stereocenters. The fourth-order valence-electron chi connectivity index (χ4n) is 3.59. The predicted octanol–water partition coefficient (Wildman–Crippen LogP) is 3.38. The molecule has 5 heteroatoms. The smallest absolute Gasteiger partial charge is 0.234 e. The first-order chi connectivity index (χ1) is 15.2. The minimum atomic E-state index is -0.0773. The van der Waals surface area contributed by atoms with Gasteiger partial charge in [-0.05, 0) is 36.2 Å². The Morgan fingerprint density at radius 2 is 1.97 bits per heavy atom. The summed E-state index contributed by atoms with van der Waals surface area (Å²) in [4.78, 5) is 17.8. The van der Waals surface area contributed by atoms with Gasteiger partial charge in [-0.1, -0.05) is 42.2 Å². The minimum Gasteiger partial charge on any atom is -0.497 e. The normalized spacial score (nSPS) is 11.4. The summed E-state index contributed by atoms with van der Waals surface area (Å²) < 4.78 is 5.30. The van der Waals surface area contributed by atoms with Gasteiger partial charge in [-0.15, -0.1) is 12.3 Å². The number of rotatable bonds is 9. The van der Waals surface area contributed by atoms with E-state index in [0.29, 0.717) is 19.6 Å². The number of para-hydroxylation sites is 1. The fraction of sp³-hybridized carbons (Fsp3) is 0.269. The average molecular weight is 414 g/mol. The van der Waals surface area contributed by atoms with E-state index in [0.717, 1.165) is 27.8 Å². The van der Waals surface area contributed by atoms with Gasteiger partial charge in [0.1, 0.15) is 5.75 Å². The molecular formula is C26H27N3O2. The molecule has 1 aromatic heterocycles. The minimum absolute atomic E-state index is 0.0116. The number of amides is 1. The molecule has 2 N–H and O–H groups in total. The zero-order valence-electron chi connectivity index (χ0n) is 17.9. The molecule has 0 bridgehead atoms. The van der Waals surface area contributed by atoms with E-state index in [1.165, 1.54) is 0 Å². The molecule has 158 valence electrons. The maximum atomic E-state index is 12.7. The Morgan fingerprint density at radius 3 is 2.68 bits per heavy atom. The van der Waals surface area contributed by atoms with Crippen LogP contribution >= 0.6 is 0 Å². The number of hydrogen-bond acceptors (Lipinski definition) is 3. The molecule has 0 spiro atoms. The van der Waals surface area contributed by atoms with E-state index < -0.39 is 0 Å². The lowest BCUT2D eigenvalue weighted by molar-refractivity contribution is -0.122. The number of benzene rings is 2. The Hall–Kier alpha value is -3.67. The van der Waals surface area contributed by atoms with E-state index in [9.17, 15) is 4.79 Å². The highest BCUT2D eigenvalue weighted by Crippen LogP contribution is 2.31. The van der Waals surface area contributed by atoms with E-state index in [1.807, 2.05) is 47.5 Å². The van der Waals surface area contributed by atoms with Crippen LogP contribution in [0.1, 0.15) is 24.0 Å². The third-order valence-corrected chi connectivity index (χ3v) is 5.18. The Morgan fingerprint density at radius 1 is 1.19 bits per heavy atom. The van der Waals surface area contributed by atoms with Gasteiger partial charge in [0.05, 0.1) is 26.7 Å². The number of nitrogens with one attached hydrogen (secondary N) is 2. The van der Waals surface area contributed by atoms with E-state index in [4.69, 9.17) is 11.2 Å². The highest BCUT2D eigenvalue weighted by Gasteiger charge is 2.20. The monoisotopic (exact) mass is 413 g/mol. The average Bonchev–Trinajstić information content (AvgIpc) is 3.22. The first-order valence-corrected chi connectivity index (χ1v) is 10.2. The van der Waals surface area contributed by atoms with Crippen LogP contribution in [-0.4, -0.2) is 49.1 Å². The molecular weight excluding hydrogens is 386 g/mol. The topological polar surface area (TPSA) is 57.4 Å². The summed E-state index contributed by atoms with van der Waals surface area (Å²) in [5.74, 6) is 9.11. The van der Waals surface area contributed by atoms with Crippen LogP contribution in [0.4, 0.5) is 0 Å². The van der Waals surface area contributed by atoms with Gasteiger partial charge >= 0.3 is 0 Å². The van der Waals surface area contributed by atoms with Crippen molar-refractivity contribution in [1.82, 2.24) is 15.2 Å². The summed E-state index contributed by atoms with van der Waals surface area (Å²) in [6, 6.07) is 16.1. The molecule has 0 fully saturated rings. The molecule has 0 saturated carbocycles. The van der Waals surface area contributed by atoms with Crippen molar-refractivity contribution in [2.24, 2.45) is 0 Å². The second kappa shape index (κ2) is 10.9. The fourth-order valence-corrected chi connectivity index (χ4v) is 3.59. The van der Waals surface area contributed by atoms with Crippen molar-refractivity contribution < 1.29 is 9.53 Å². The molecule has 0 aliphatic carbocycles. The number of fused-ring (bicyclic) bond motifs is 1. The maximum absolute atomic E-state index is 12.7. The lowest BCUT2D eigenvalue weighted by atomic mass is 9.90. The lowest BCUT2D eigenvalue weighted by Crippen LogP contribution is -2.39. The summed E-state index contributed by atoms with van der Waals surface area (Å²) in [5, 5.41) is 4.23. The van der Waals surface area contributed by atoms with Gasteiger partial charge in [-0.25, -0.2) is 0 Å². The van der Waals surface area contributed by atoms with Crippen molar-refractivity contribution in [1.29, 1.82) is 0 Å². The van der Waals surface area contributed by atoms with Crippen molar-refractivity contribution in [3.05, 3.63) is 65.9 Å². The Kier molecular flexibility index (Phi) is 7.76. The summed E-state index contributed by atoms with van der Waals surface area (Å²) in [5.41, 5.74) is 3.31. The number of carbonyl (C=O) groups is 1. The Labute approximate surface area is 183 Å². The molecule has 0 radical (unpaired) electrons. The Balaban J connectivity index is 1.80. The molecule has 5 nitrogen and oxygen atoms in total. The highest BCUT2D eigenvalue weighted by molar-refractivity contribution is 5.84. The zero-order valence-corrected chi connectivity index (χ0v) is 17.9. The SMILES string of the molecule is C#CCN(CC#CC)CC(=O)NC[C@@H](c1ccc(OC)cc1)c1c[nH]c2ccccc12. The zero-order chi connectivity index (χ0) is 22.1. The van der Waals surface area contributed by atoms with Gasteiger partial charge < -0.3 is 15.0 Å². The van der Waals surface area contributed by atoms with Crippen LogP contribution in [0.3, 0.4) is 0 Å². The van der Waals surface area contributed by atoms with Crippen LogP contribution in [0.15, 0.2) is 54.7 Å². The third kappa shape index (κ3) is 5.69. The van der Waals surface area contributed by atoms with Crippen molar-refractivity contribution >= 4 is 16.8 Å². The second-order valence-corrected chi connectivity index (χ2v) is 7.20. The van der Waals surface area contributed by atoms with Gasteiger partial charge in [0.15, 0.2) is 0 Å². The van der Waals surface area contributed by atoms with Crippen molar-refractivity contribution in [3.8, 4) is 29.9 Å². The van der Waals surface area contributed by atoms with Gasteiger partial charge in [0.2, 0.25) is 5.91 Å². The number of methoxy groups -OCH3 is 1. The van der Waals surface area contributed by atoms with E-state index in [-0.39, 0.29) is 18.4 Å². The first kappa shape index (κ1) is 22.0. The van der Waals surface area contributed by atoms with Gasteiger partial charge in [-0.2, -0.15) is 0 Å². The third-order valence-electron chi connectivity index (χ3n) is 5.18. The summed E-state index contributed by atoms with van der Waals surface area (Å²) in [6.45, 7) is 3.30. The van der Waals surface area contributed by atoms with Gasteiger partial charge in [-0.3, -0.25) is 9.69 Å². The number of terminal acetylenes is 1. The molecule has 1 heterocycles. The second-order valence-electron chi connectivity index (χ2n) is 7.20. The van der Waals surface area contributed by atoms with Crippen LogP contribution < -0.4 is 10.1 Å². The molecule has 3 rings (SSSR count). The number of nitrogens with zero attached hydrogens (tertiary/aromatic N) is 1. The molecule has 0 saturated heterocycles. The van der Waals surface area contributed by atoms with E-state index in [1.54, 1.807) is 14.0 Å². The van der Waals surface area contributed by atoms with Crippen LogP contribution in [0.25, 0.3) is 10.9 Å². The molecule has 1 amide bonds. The van der Waals surface area contributed by atoms with Crippen LogP contribution in [0.5, 0.6) is 5.75 Å². The van der Waals surface area contributed by atoms with E-state index >= 15 is 0 Å². The number of H-pyrrole nitrogens is 1. The number of aromatic nitrogens is 1. The molecule has 2 aromatic carbocycles. The van der Waals surface area contributed by atoms with Crippen molar-refractivity contribution in [2.45, 2.75) is 12.8 Å². The predicted molar refractivity (Wildman–Crippen MR) is 125 cm³/mol. The number of hydrogen-bond donors (Lipinski definition) is 2. The largest absolute Gasteiger partial charge is 0.497 e. The molecule has 0 aliphatic rings. The quantitative estimate of drug-likeness (QED) is 0.529. The molecule has 3 aromatic rings. The molecule has 0 unspecified atom stereocenters. The van der Waals surface area contributed by atoms with Crippen LogP contribution in [-0.2, 0) is 4.79 Å². The number of ether oxygens (including phenoxy) is 1. The van der Waals surface area contributed by atoms with Crippen LogP contribution in [0, 0.1) is 24.2 Å².